The molecule has 0 aliphatic carbocycles. The van der Waals surface area contributed by atoms with Crippen LogP contribution >= 0.6 is 15.9 Å². The highest BCUT2D eigenvalue weighted by atomic mass is 79.9. The first-order valence-corrected chi connectivity index (χ1v) is 7.73. The summed E-state index contributed by atoms with van der Waals surface area (Å²) >= 11 is 3.19. The molecule has 1 heterocycles. The second kappa shape index (κ2) is 9.39. The molecule has 116 valence electrons. The van der Waals surface area contributed by atoms with E-state index in [-0.39, 0.29) is 12.3 Å². The number of furan rings is 1. The van der Waals surface area contributed by atoms with Gasteiger partial charge in [0.15, 0.2) is 4.67 Å². The average molecular weight is 358 g/mol. The Kier molecular flexibility index (Phi) is 7.82. The lowest BCUT2D eigenvalue weighted by molar-refractivity contribution is -0.137. The number of carboxylic acids is 1. The second-order valence-corrected chi connectivity index (χ2v) is 5.54. The van der Waals surface area contributed by atoms with Crippen molar-refractivity contribution in [3.05, 3.63) is 28.6 Å². The Hall–Kier alpha value is -1.56. The maximum Gasteiger partial charge on any atom is 0.303 e. The summed E-state index contributed by atoms with van der Waals surface area (Å²) in [7, 11) is 0. The molecule has 0 radical (unpaired) electrons. The molecule has 0 saturated carbocycles. The standard InChI is InChI=1S/C15H20BrNO4/c1-2-11(3-8-15(19)20)9-10-17-14(18)7-5-12-4-6-13(16)21-12/h4-7,11H,2-3,8-10H2,1H3,(H,17,18)(H,19,20). The van der Waals surface area contributed by atoms with E-state index in [2.05, 4.69) is 21.2 Å². The number of halogens is 1. The molecule has 0 bridgehead atoms. The SMILES string of the molecule is CCC(CCNC(=O)C=Cc1ccc(Br)o1)CCC(=O)O. The lowest BCUT2D eigenvalue weighted by Crippen LogP contribution is -2.24. The van der Waals surface area contributed by atoms with Crippen LogP contribution in [0.1, 0.15) is 38.4 Å². The van der Waals surface area contributed by atoms with Gasteiger partial charge in [-0.1, -0.05) is 13.3 Å². The minimum absolute atomic E-state index is 0.180. The third kappa shape index (κ3) is 7.70. The van der Waals surface area contributed by atoms with E-state index in [9.17, 15) is 9.59 Å². The van der Waals surface area contributed by atoms with Gasteiger partial charge in [0.2, 0.25) is 5.91 Å². The molecule has 2 N–H and O–H groups in total. The third-order valence-electron chi connectivity index (χ3n) is 3.19. The summed E-state index contributed by atoms with van der Waals surface area (Å²) in [6.07, 6.45) is 5.55. The molecule has 0 fully saturated rings. The molecule has 1 unspecified atom stereocenters. The molecule has 1 aromatic heterocycles. The zero-order chi connectivity index (χ0) is 15.7. The lowest BCUT2D eigenvalue weighted by Gasteiger charge is -2.13. The molecule has 5 nitrogen and oxygen atoms in total. The molecule has 1 rings (SSSR count). The zero-order valence-corrected chi connectivity index (χ0v) is 13.6. The van der Waals surface area contributed by atoms with Gasteiger partial charge in [0.05, 0.1) is 0 Å². The summed E-state index contributed by atoms with van der Waals surface area (Å²) in [6, 6.07) is 3.51. The largest absolute Gasteiger partial charge is 0.481 e. The summed E-state index contributed by atoms with van der Waals surface area (Å²) in [5, 5.41) is 11.4. The number of hydrogen-bond donors (Lipinski definition) is 2. The smallest absolute Gasteiger partial charge is 0.303 e. The molecule has 21 heavy (non-hydrogen) atoms. The van der Waals surface area contributed by atoms with E-state index < -0.39 is 5.97 Å². The maximum atomic E-state index is 11.6. The molecule has 6 heteroatoms. The van der Waals surface area contributed by atoms with Crippen LogP contribution in [0.3, 0.4) is 0 Å². The van der Waals surface area contributed by atoms with Gasteiger partial charge in [-0.15, -0.1) is 0 Å². The number of carbonyl (C=O) groups excluding carboxylic acids is 1. The summed E-state index contributed by atoms with van der Waals surface area (Å²) < 4.78 is 5.86. The number of rotatable bonds is 9. The number of nitrogens with one attached hydrogen (secondary N) is 1. The van der Waals surface area contributed by atoms with Crippen molar-refractivity contribution in [2.45, 2.75) is 32.6 Å². The Morgan fingerprint density at radius 2 is 2.19 bits per heavy atom. The van der Waals surface area contributed by atoms with E-state index in [1.54, 1.807) is 18.2 Å². The average Bonchev–Trinajstić information content (AvgIpc) is 2.86. The van der Waals surface area contributed by atoms with Crippen LogP contribution in [0.25, 0.3) is 6.08 Å². The van der Waals surface area contributed by atoms with Gasteiger partial charge in [-0.2, -0.15) is 0 Å². The highest BCUT2D eigenvalue weighted by Gasteiger charge is 2.09. The van der Waals surface area contributed by atoms with E-state index >= 15 is 0 Å². The van der Waals surface area contributed by atoms with Crippen molar-refractivity contribution >= 4 is 33.9 Å². The molecule has 1 atom stereocenters. The van der Waals surface area contributed by atoms with Crippen LogP contribution in [0, 0.1) is 5.92 Å². The third-order valence-corrected chi connectivity index (χ3v) is 3.61. The van der Waals surface area contributed by atoms with Crippen molar-refractivity contribution in [1.29, 1.82) is 0 Å². The molecule has 1 amide bonds. The van der Waals surface area contributed by atoms with Crippen LogP contribution in [0.2, 0.25) is 0 Å². The van der Waals surface area contributed by atoms with E-state index in [4.69, 9.17) is 9.52 Å². The highest BCUT2D eigenvalue weighted by Crippen LogP contribution is 2.15. The fourth-order valence-electron chi connectivity index (χ4n) is 1.91. The number of aliphatic carboxylic acids is 1. The van der Waals surface area contributed by atoms with Crippen LogP contribution in [-0.2, 0) is 9.59 Å². The summed E-state index contributed by atoms with van der Waals surface area (Å²) in [4.78, 5) is 22.1. The van der Waals surface area contributed by atoms with Crippen molar-refractivity contribution in [2.24, 2.45) is 5.92 Å². The van der Waals surface area contributed by atoms with Gasteiger partial charge in [0.25, 0.3) is 0 Å². The van der Waals surface area contributed by atoms with Gasteiger partial charge in [-0.3, -0.25) is 9.59 Å². The van der Waals surface area contributed by atoms with Crippen molar-refractivity contribution < 1.29 is 19.1 Å². The van der Waals surface area contributed by atoms with Crippen molar-refractivity contribution in [3.8, 4) is 0 Å². The van der Waals surface area contributed by atoms with Crippen LogP contribution in [0.4, 0.5) is 0 Å². The predicted octanol–water partition coefficient (Wildman–Crippen LogP) is 3.45. The second-order valence-electron chi connectivity index (χ2n) is 4.76. The normalized spacial score (nSPS) is 12.5. The molecule has 1 aromatic rings. The molecular formula is C15H20BrNO4. The number of carbonyl (C=O) groups is 2. The fraction of sp³-hybridized carbons (Fsp3) is 0.467. The Labute approximate surface area is 132 Å². The molecule has 0 saturated heterocycles. The lowest BCUT2D eigenvalue weighted by atomic mass is 9.97. The monoisotopic (exact) mass is 357 g/mol. The van der Waals surface area contributed by atoms with Crippen LogP contribution < -0.4 is 5.32 Å². The summed E-state index contributed by atoms with van der Waals surface area (Å²) in [6.45, 7) is 2.58. The van der Waals surface area contributed by atoms with Gasteiger partial charge < -0.3 is 14.8 Å². The summed E-state index contributed by atoms with van der Waals surface area (Å²) in [5.41, 5.74) is 0. The first-order valence-electron chi connectivity index (χ1n) is 6.94. The fourth-order valence-corrected chi connectivity index (χ4v) is 2.23. The van der Waals surface area contributed by atoms with Gasteiger partial charge >= 0.3 is 5.97 Å². The predicted molar refractivity (Wildman–Crippen MR) is 83.7 cm³/mol. The van der Waals surface area contributed by atoms with Gasteiger partial charge in [0, 0.05) is 19.0 Å². The molecule has 0 spiro atoms. The van der Waals surface area contributed by atoms with Crippen molar-refractivity contribution in [3.63, 3.8) is 0 Å². The summed E-state index contributed by atoms with van der Waals surface area (Å²) in [5.74, 6) is -0.0306. The molecule has 0 aromatic carbocycles. The molecular weight excluding hydrogens is 338 g/mol. The maximum absolute atomic E-state index is 11.6. The van der Waals surface area contributed by atoms with Crippen molar-refractivity contribution in [2.75, 3.05) is 6.54 Å². The number of hydrogen-bond acceptors (Lipinski definition) is 3. The van der Waals surface area contributed by atoms with Gasteiger partial charge in [-0.25, -0.2) is 0 Å². The molecule has 0 aliphatic rings. The minimum Gasteiger partial charge on any atom is -0.481 e. The van der Waals surface area contributed by atoms with Gasteiger partial charge in [-0.05, 0) is 52.9 Å². The number of carboxylic acid groups (broad SMARTS) is 1. The van der Waals surface area contributed by atoms with E-state index in [1.807, 2.05) is 6.92 Å². The Morgan fingerprint density at radius 1 is 1.43 bits per heavy atom. The van der Waals surface area contributed by atoms with Gasteiger partial charge in [0.1, 0.15) is 5.76 Å². The topological polar surface area (TPSA) is 79.5 Å². The minimum atomic E-state index is -0.773. The molecule has 0 aliphatic heterocycles. The Bertz CT molecular complexity index is 496. The van der Waals surface area contributed by atoms with E-state index in [0.29, 0.717) is 29.3 Å². The zero-order valence-electron chi connectivity index (χ0n) is 12.0. The Morgan fingerprint density at radius 3 is 2.76 bits per heavy atom. The first-order chi connectivity index (χ1) is 10.0. The Balaban J connectivity index is 2.25. The first kappa shape index (κ1) is 17.5. The van der Waals surface area contributed by atoms with Crippen molar-refractivity contribution in [1.82, 2.24) is 5.32 Å². The van der Waals surface area contributed by atoms with Crippen LogP contribution in [-0.4, -0.2) is 23.5 Å². The van der Waals surface area contributed by atoms with E-state index in [1.165, 1.54) is 6.08 Å². The number of amides is 1. The van der Waals surface area contributed by atoms with Crippen LogP contribution in [0.15, 0.2) is 27.3 Å². The van der Waals surface area contributed by atoms with Crippen LogP contribution in [0.5, 0.6) is 0 Å². The highest BCUT2D eigenvalue weighted by molar-refractivity contribution is 9.10. The quantitative estimate of drug-likeness (QED) is 0.663. The van der Waals surface area contributed by atoms with E-state index in [0.717, 1.165) is 12.8 Å².